The Kier molecular flexibility index (Phi) is 6.07. The highest BCUT2D eigenvalue weighted by Gasteiger charge is 2.21. The molecule has 1 heterocycles. The maximum absolute atomic E-state index is 5.98. The molecule has 0 radical (unpaired) electrons. The molecule has 3 heteroatoms. The van der Waals surface area contributed by atoms with Gasteiger partial charge >= 0.3 is 0 Å². The lowest BCUT2D eigenvalue weighted by Crippen LogP contribution is -2.40. The van der Waals surface area contributed by atoms with Crippen LogP contribution in [0.2, 0.25) is 0 Å². The van der Waals surface area contributed by atoms with E-state index in [1.807, 2.05) is 0 Å². The number of nitrogens with zero attached hydrogens (tertiary/aromatic N) is 1. The van der Waals surface area contributed by atoms with Gasteiger partial charge in [-0.3, -0.25) is 0 Å². The van der Waals surface area contributed by atoms with Crippen molar-refractivity contribution in [2.24, 2.45) is 11.7 Å². The van der Waals surface area contributed by atoms with Crippen LogP contribution in [0, 0.1) is 19.8 Å². The topological polar surface area (TPSA) is 38.5 Å². The van der Waals surface area contributed by atoms with Gasteiger partial charge in [0.2, 0.25) is 0 Å². The minimum atomic E-state index is 0.347. The Balaban J connectivity index is 1.63. The van der Waals surface area contributed by atoms with Crippen molar-refractivity contribution < 1.29 is 4.74 Å². The molecule has 1 aliphatic rings. The van der Waals surface area contributed by atoms with Crippen molar-refractivity contribution in [2.45, 2.75) is 46.1 Å². The molecule has 0 amide bonds. The lowest BCUT2D eigenvalue weighted by molar-refractivity contribution is 0.161. The van der Waals surface area contributed by atoms with Crippen molar-refractivity contribution in [1.29, 1.82) is 0 Å². The Bertz CT molecular complexity index is 437. The summed E-state index contributed by atoms with van der Waals surface area (Å²) in [5, 5.41) is 0. The van der Waals surface area contributed by atoms with Gasteiger partial charge in [-0.15, -0.1) is 0 Å². The van der Waals surface area contributed by atoms with E-state index in [0.717, 1.165) is 25.3 Å². The van der Waals surface area contributed by atoms with Crippen LogP contribution in [0.3, 0.4) is 0 Å². The molecule has 0 bridgehead atoms. The fourth-order valence-corrected chi connectivity index (χ4v) is 2.98. The third-order valence-electron chi connectivity index (χ3n) is 4.74. The predicted molar refractivity (Wildman–Crippen MR) is 88.8 cm³/mol. The van der Waals surface area contributed by atoms with Gasteiger partial charge in [-0.1, -0.05) is 6.07 Å². The van der Waals surface area contributed by atoms with Crippen molar-refractivity contribution in [1.82, 2.24) is 4.90 Å². The van der Waals surface area contributed by atoms with Crippen LogP contribution in [-0.4, -0.2) is 37.2 Å². The number of aryl methyl sites for hydroxylation is 2. The second-order valence-corrected chi connectivity index (χ2v) is 6.49. The summed E-state index contributed by atoms with van der Waals surface area (Å²) in [7, 11) is 0. The van der Waals surface area contributed by atoms with Crippen LogP contribution in [0.1, 0.15) is 37.3 Å². The van der Waals surface area contributed by atoms with Crippen LogP contribution < -0.4 is 10.5 Å². The van der Waals surface area contributed by atoms with Crippen molar-refractivity contribution in [3.63, 3.8) is 0 Å². The number of likely N-dealkylation sites (tertiary alicyclic amines) is 1. The van der Waals surface area contributed by atoms with Crippen LogP contribution in [-0.2, 0) is 0 Å². The molecule has 1 aromatic rings. The summed E-state index contributed by atoms with van der Waals surface area (Å²) in [6, 6.07) is 6.67. The van der Waals surface area contributed by atoms with E-state index in [2.05, 4.69) is 43.9 Å². The van der Waals surface area contributed by atoms with E-state index in [9.17, 15) is 0 Å². The summed E-state index contributed by atoms with van der Waals surface area (Å²) >= 11 is 0. The average molecular weight is 290 g/mol. The van der Waals surface area contributed by atoms with Gasteiger partial charge < -0.3 is 15.4 Å². The van der Waals surface area contributed by atoms with Gasteiger partial charge in [0, 0.05) is 12.6 Å². The number of rotatable bonds is 6. The van der Waals surface area contributed by atoms with E-state index in [4.69, 9.17) is 10.5 Å². The summed E-state index contributed by atoms with van der Waals surface area (Å²) in [5.41, 5.74) is 8.60. The molecule has 118 valence electrons. The quantitative estimate of drug-likeness (QED) is 0.818. The smallest absolute Gasteiger partial charge is 0.119 e. The predicted octanol–water partition coefficient (Wildman–Crippen LogP) is 3.13. The fraction of sp³-hybridized carbons (Fsp3) is 0.667. The lowest BCUT2D eigenvalue weighted by Gasteiger charge is -2.33. The molecule has 1 aromatic carbocycles. The molecular formula is C18H30N2O. The number of piperidine rings is 1. The summed E-state index contributed by atoms with van der Waals surface area (Å²) in [5.74, 6) is 1.71. The van der Waals surface area contributed by atoms with Gasteiger partial charge in [-0.2, -0.15) is 0 Å². The maximum Gasteiger partial charge on any atom is 0.119 e. The Morgan fingerprint density at radius 3 is 2.57 bits per heavy atom. The molecule has 2 rings (SSSR count). The number of ether oxygens (including phenoxy) is 1. The highest BCUT2D eigenvalue weighted by Crippen LogP contribution is 2.20. The lowest BCUT2D eigenvalue weighted by atomic mass is 9.91. The molecule has 2 N–H and O–H groups in total. The summed E-state index contributed by atoms with van der Waals surface area (Å²) in [6.45, 7) is 10.7. The van der Waals surface area contributed by atoms with Gasteiger partial charge in [0.05, 0.1) is 6.61 Å². The molecule has 1 fully saturated rings. The van der Waals surface area contributed by atoms with E-state index >= 15 is 0 Å². The van der Waals surface area contributed by atoms with E-state index in [-0.39, 0.29) is 0 Å². The van der Waals surface area contributed by atoms with Gasteiger partial charge in [-0.05, 0) is 82.3 Å². The van der Waals surface area contributed by atoms with Crippen LogP contribution >= 0.6 is 0 Å². The molecule has 0 aliphatic carbocycles. The Morgan fingerprint density at radius 1 is 1.24 bits per heavy atom. The normalized spacial score (nSPS) is 18.7. The number of benzene rings is 1. The summed E-state index contributed by atoms with van der Waals surface area (Å²) in [4.78, 5) is 2.54. The van der Waals surface area contributed by atoms with Crippen molar-refractivity contribution in [3.8, 4) is 5.75 Å². The second-order valence-electron chi connectivity index (χ2n) is 6.49. The number of hydrogen-bond donors (Lipinski definition) is 1. The summed E-state index contributed by atoms with van der Waals surface area (Å²) < 4.78 is 5.85. The SMILES string of the molecule is Cc1ccc(OCCCN2CCC(C(C)N)CC2)cc1C. The first kappa shape index (κ1) is 16.3. The fourth-order valence-electron chi connectivity index (χ4n) is 2.98. The minimum absolute atomic E-state index is 0.347. The molecule has 3 nitrogen and oxygen atoms in total. The zero-order valence-corrected chi connectivity index (χ0v) is 13.8. The van der Waals surface area contributed by atoms with E-state index < -0.39 is 0 Å². The van der Waals surface area contributed by atoms with Gasteiger partial charge in [0.25, 0.3) is 0 Å². The monoisotopic (exact) mass is 290 g/mol. The Hall–Kier alpha value is -1.06. The molecular weight excluding hydrogens is 260 g/mol. The van der Waals surface area contributed by atoms with E-state index in [1.54, 1.807) is 0 Å². The third kappa shape index (κ3) is 5.01. The molecule has 1 aliphatic heterocycles. The second kappa shape index (κ2) is 7.81. The highest BCUT2D eigenvalue weighted by molar-refractivity contribution is 5.33. The molecule has 1 unspecified atom stereocenters. The largest absolute Gasteiger partial charge is 0.494 e. The molecule has 0 aromatic heterocycles. The third-order valence-corrected chi connectivity index (χ3v) is 4.74. The molecule has 0 saturated carbocycles. The molecule has 1 atom stereocenters. The van der Waals surface area contributed by atoms with Crippen molar-refractivity contribution in [2.75, 3.05) is 26.2 Å². The standard InChI is InChI=1S/C18H30N2O/c1-14-5-6-18(13-15(14)2)21-12-4-9-20-10-7-17(8-11-20)16(3)19/h5-6,13,16-17H,4,7-12,19H2,1-3H3. The van der Waals surface area contributed by atoms with Crippen LogP contribution in [0.5, 0.6) is 5.75 Å². The Labute approximate surface area is 129 Å². The number of nitrogens with two attached hydrogens (primary N) is 1. The summed E-state index contributed by atoms with van der Waals surface area (Å²) in [6.07, 6.45) is 3.58. The molecule has 0 spiro atoms. The molecule has 21 heavy (non-hydrogen) atoms. The van der Waals surface area contributed by atoms with Gasteiger partial charge in [0.1, 0.15) is 5.75 Å². The van der Waals surface area contributed by atoms with E-state index in [0.29, 0.717) is 12.0 Å². The maximum atomic E-state index is 5.98. The van der Waals surface area contributed by atoms with Gasteiger partial charge in [0.15, 0.2) is 0 Å². The number of hydrogen-bond acceptors (Lipinski definition) is 3. The van der Waals surface area contributed by atoms with Crippen LogP contribution in [0.4, 0.5) is 0 Å². The zero-order chi connectivity index (χ0) is 15.2. The zero-order valence-electron chi connectivity index (χ0n) is 13.8. The first-order valence-corrected chi connectivity index (χ1v) is 8.24. The van der Waals surface area contributed by atoms with Crippen LogP contribution in [0.15, 0.2) is 18.2 Å². The van der Waals surface area contributed by atoms with E-state index in [1.165, 1.54) is 37.1 Å². The molecule has 1 saturated heterocycles. The van der Waals surface area contributed by atoms with Crippen LogP contribution in [0.25, 0.3) is 0 Å². The van der Waals surface area contributed by atoms with Crippen molar-refractivity contribution in [3.05, 3.63) is 29.3 Å². The first-order valence-electron chi connectivity index (χ1n) is 8.24. The van der Waals surface area contributed by atoms with Crippen molar-refractivity contribution >= 4 is 0 Å². The average Bonchev–Trinajstić information content (AvgIpc) is 2.47. The van der Waals surface area contributed by atoms with Gasteiger partial charge in [-0.25, -0.2) is 0 Å². The first-order chi connectivity index (χ1) is 10.1. The minimum Gasteiger partial charge on any atom is -0.494 e. The highest BCUT2D eigenvalue weighted by atomic mass is 16.5. The Morgan fingerprint density at radius 2 is 1.95 bits per heavy atom.